The summed E-state index contributed by atoms with van der Waals surface area (Å²) in [4.78, 5) is 0. The van der Waals surface area contributed by atoms with Crippen LogP contribution in [0, 0.1) is 11.3 Å². The Morgan fingerprint density at radius 3 is 2.75 bits per heavy atom. The average Bonchev–Trinajstić information content (AvgIpc) is 2.64. The van der Waals surface area contributed by atoms with Gasteiger partial charge in [-0.3, -0.25) is 0 Å². The fourth-order valence-electron chi connectivity index (χ4n) is 2.67. The molecule has 0 saturated heterocycles. The van der Waals surface area contributed by atoms with Crippen molar-refractivity contribution in [2.24, 2.45) is 11.3 Å². The van der Waals surface area contributed by atoms with E-state index in [0.29, 0.717) is 6.10 Å². The molecule has 1 N–H and O–H groups in total. The zero-order valence-corrected chi connectivity index (χ0v) is 8.10. The summed E-state index contributed by atoms with van der Waals surface area (Å²) in [5, 5.41) is 3.26. The van der Waals surface area contributed by atoms with Crippen molar-refractivity contribution in [3.05, 3.63) is 0 Å². The molecule has 70 valence electrons. The lowest BCUT2D eigenvalue weighted by molar-refractivity contribution is -0.0400. The maximum Gasteiger partial charge on any atom is 0.0585 e. The Kier molecular flexibility index (Phi) is 2.13. The minimum absolute atomic E-state index is 0.594. The van der Waals surface area contributed by atoms with Gasteiger partial charge in [0.25, 0.3) is 0 Å². The van der Waals surface area contributed by atoms with E-state index in [-0.39, 0.29) is 0 Å². The van der Waals surface area contributed by atoms with Crippen LogP contribution in [0.1, 0.15) is 26.2 Å². The van der Waals surface area contributed by atoms with E-state index in [4.69, 9.17) is 4.74 Å². The third-order valence-corrected chi connectivity index (χ3v) is 3.48. The molecule has 0 heterocycles. The summed E-state index contributed by atoms with van der Waals surface area (Å²) in [6, 6.07) is 0. The average molecular weight is 169 g/mol. The molecule has 0 aliphatic heterocycles. The molecule has 0 bridgehead atoms. The Labute approximate surface area is 74.7 Å². The summed E-state index contributed by atoms with van der Waals surface area (Å²) in [5.74, 6) is 0.958. The maximum atomic E-state index is 5.56. The first-order valence-electron chi connectivity index (χ1n) is 5.07. The molecule has 0 aromatic heterocycles. The van der Waals surface area contributed by atoms with E-state index in [9.17, 15) is 0 Å². The zero-order valence-electron chi connectivity index (χ0n) is 8.10. The second-order valence-electron chi connectivity index (χ2n) is 4.31. The van der Waals surface area contributed by atoms with Crippen LogP contribution in [0.5, 0.6) is 0 Å². The third-order valence-electron chi connectivity index (χ3n) is 3.48. The van der Waals surface area contributed by atoms with Crippen LogP contribution in [-0.4, -0.2) is 26.3 Å². The van der Waals surface area contributed by atoms with Crippen molar-refractivity contribution in [2.45, 2.75) is 32.3 Å². The van der Waals surface area contributed by atoms with E-state index >= 15 is 0 Å². The van der Waals surface area contributed by atoms with E-state index in [1.54, 1.807) is 0 Å². The summed E-state index contributed by atoms with van der Waals surface area (Å²) < 4.78 is 5.56. The van der Waals surface area contributed by atoms with Crippen molar-refractivity contribution in [2.75, 3.05) is 20.2 Å². The fourth-order valence-corrected chi connectivity index (χ4v) is 2.67. The number of hydrogen-bond acceptors (Lipinski definition) is 2. The molecule has 0 radical (unpaired) electrons. The second kappa shape index (κ2) is 3.00. The van der Waals surface area contributed by atoms with Gasteiger partial charge in [0.1, 0.15) is 0 Å². The smallest absolute Gasteiger partial charge is 0.0585 e. The Balaban J connectivity index is 1.68. The lowest BCUT2D eigenvalue weighted by Gasteiger charge is -2.36. The van der Waals surface area contributed by atoms with Gasteiger partial charge in [0.2, 0.25) is 0 Å². The Morgan fingerprint density at radius 2 is 2.17 bits per heavy atom. The number of nitrogens with one attached hydrogen (secondary N) is 1. The number of rotatable bonds is 4. The largest absolute Gasteiger partial charge is 0.378 e. The van der Waals surface area contributed by atoms with Crippen molar-refractivity contribution in [1.82, 2.24) is 5.32 Å². The highest BCUT2D eigenvalue weighted by Gasteiger charge is 2.61. The predicted molar refractivity (Wildman–Crippen MR) is 49.1 cm³/mol. The van der Waals surface area contributed by atoms with E-state index in [1.807, 2.05) is 7.05 Å². The van der Waals surface area contributed by atoms with Crippen molar-refractivity contribution in [3.63, 3.8) is 0 Å². The monoisotopic (exact) mass is 169 g/mol. The SMILES string of the molecule is CCOC1CC2(C1)CC2CNC. The highest BCUT2D eigenvalue weighted by molar-refractivity contribution is 5.11. The fraction of sp³-hybridized carbons (Fsp3) is 1.00. The first kappa shape index (κ1) is 8.52. The summed E-state index contributed by atoms with van der Waals surface area (Å²) in [6.45, 7) is 4.18. The van der Waals surface area contributed by atoms with Gasteiger partial charge < -0.3 is 10.1 Å². The molecule has 2 aliphatic rings. The molecule has 2 aliphatic carbocycles. The van der Waals surface area contributed by atoms with Crippen LogP contribution < -0.4 is 5.32 Å². The van der Waals surface area contributed by atoms with Crippen LogP contribution in [0.25, 0.3) is 0 Å². The molecule has 0 amide bonds. The Hall–Kier alpha value is -0.0800. The first-order valence-corrected chi connectivity index (χ1v) is 5.07. The first-order chi connectivity index (χ1) is 5.80. The van der Waals surface area contributed by atoms with Gasteiger partial charge in [-0.2, -0.15) is 0 Å². The van der Waals surface area contributed by atoms with Crippen molar-refractivity contribution < 1.29 is 4.74 Å². The molecule has 0 aromatic carbocycles. The quantitative estimate of drug-likeness (QED) is 0.687. The number of hydrogen-bond donors (Lipinski definition) is 1. The van der Waals surface area contributed by atoms with Gasteiger partial charge in [-0.25, -0.2) is 0 Å². The minimum Gasteiger partial charge on any atom is -0.378 e. The van der Waals surface area contributed by atoms with Crippen LogP contribution in [-0.2, 0) is 4.74 Å². The van der Waals surface area contributed by atoms with Crippen LogP contribution in [0.4, 0.5) is 0 Å². The third kappa shape index (κ3) is 1.27. The summed E-state index contributed by atoms with van der Waals surface area (Å²) in [5.41, 5.74) is 0.725. The molecule has 1 spiro atoms. The van der Waals surface area contributed by atoms with Crippen LogP contribution in [0.3, 0.4) is 0 Å². The highest BCUT2D eigenvalue weighted by atomic mass is 16.5. The molecule has 2 rings (SSSR count). The lowest BCUT2D eigenvalue weighted by atomic mass is 9.77. The topological polar surface area (TPSA) is 21.3 Å². The molecule has 1 atom stereocenters. The molecular formula is C10H19NO. The van der Waals surface area contributed by atoms with E-state index < -0.39 is 0 Å². The predicted octanol–water partition coefficient (Wildman–Crippen LogP) is 1.41. The van der Waals surface area contributed by atoms with Crippen molar-refractivity contribution in [1.29, 1.82) is 0 Å². The van der Waals surface area contributed by atoms with Gasteiger partial charge >= 0.3 is 0 Å². The minimum atomic E-state index is 0.594. The van der Waals surface area contributed by atoms with Gasteiger partial charge in [-0.1, -0.05) is 0 Å². The second-order valence-corrected chi connectivity index (χ2v) is 4.31. The van der Waals surface area contributed by atoms with Crippen LogP contribution in [0.2, 0.25) is 0 Å². The van der Waals surface area contributed by atoms with Crippen LogP contribution in [0.15, 0.2) is 0 Å². The molecule has 2 saturated carbocycles. The highest BCUT2D eigenvalue weighted by Crippen LogP contribution is 2.65. The van der Waals surface area contributed by atoms with Gasteiger partial charge in [0.05, 0.1) is 6.10 Å². The zero-order chi connectivity index (χ0) is 8.60. The summed E-state index contributed by atoms with van der Waals surface area (Å²) >= 11 is 0. The summed E-state index contributed by atoms with van der Waals surface area (Å²) in [7, 11) is 2.05. The molecule has 12 heavy (non-hydrogen) atoms. The molecule has 2 fully saturated rings. The van der Waals surface area contributed by atoms with Gasteiger partial charge in [0, 0.05) is 6.61 Å². The van der Waals surface area contributed by atoms with Gasteiger partial charge in [0.15, 0.2) is 0 Å². The molecule has 1 unspecified atom stereocenters. The maximum absolute atomic E-state index is 5.56. The number of ether oxygens (including phenoxy) is 1. The van der Waals surface area contributed by atoms with Crippen molar-refractivity contribution >= 4 is 0 Å². The van der Waals surface area contributed by atoms with E-state index in [2.05, 4.69) is 12.2 Å². The lowest BCUT2D eigenvalue weighted by Crippen LogP contribution is -2.35. The van der Waals surface area contributed by atoms with Crippen LogP contribution >= 0.6 is 0 Å². The van der Waals surface area contributed by atoms with Gasteiger partial charge in [-0.05, 0) is 51.1 Å². The Bertz CT molecular complexity index is 163. The van der Waals surface area contributed by atoms with E-state index in [0.717, 1.165) is 17.9 Å². The van der Waals surface area contributed by atoms with Gasteiger partial charge in [-0.15, -0.1) is 0 Å². The molecule has 2 nitrogen and oxygen atoms in total. The summed E-state index contributed by atoms with van der Waals surface area (Å²) in [6.07, 6.45) is 4.69. The molecule has 2 heteroatoms. The normalized spacial score (nSPS) is 44.5. The van der Waals surface area contributed by atoms with E-state index in [1.165, 1.54) is 25.8 Å². The Morgan fingerprint density at radius 1 is 1.42 bits per heavy atom. The standard InChI is InChI=1S/C10H19NO/c1-3-12-9-5-10(6-9)4-8(10)7-11-2/h8-9,11H,3-7H2,1-2H3. The van der Waals surface area contributed by atoms with Crippen molar-refractivity contribution in [3.8, 4) is 0 Å². The molecular weight excluding hydrogens is 150 g/mol. The molecule has 0 aromatic rings.